The Kier molecular flexibility index (Phi) is 5.22. The summed E-state index contributed by atoms with van der Waals surface area (Å²) in [5, 5.41) is 9.46. The van der Waals surface area contributed by atoms with Crippen molar-refractivity contribution in [2.24, 2.45) is 0 Å². The van der Waals surface area contributed by atoms with E-state index in [9.17, 15) is 0 Å². The van der Waals surface area contributed by atoms with Crippen molar-refractivity contribution in [3.8, 4) is 11.4 Å². The van der Waals surface area contributed by atoms with Crippen LogP contribution in [0.2, 0.25) is 0 Å². The van der Waals surface area contributed by atoms with E-state index < -0.39 is 0 Å². The standard InChI is InChI=1S/C26H25N7/c1-26(2,3)20-14-16-23(17-15-20)33(24-27-18-31(29-24)21-10-6-4-7-11-21)25-28-19-32(30-25)22-12-8-5-9-13-22/h4-19H,1-3H3. The van der Waals surface area contributed by atoms with Gasteiger partial charge >= 0.3 is 0 Å². The van der Waals surface area contributed by atoms with E-state index in [1.54, 1.807) is 22.0 Å². The highest BCUT2D eigenvalue weighted by atomic mass is 15.5. The van der Waals surface area contributed by atoms with Gasteiger partial charge in [0.25, 0.3) is 11.9 Å². The molecular weight excluding hydrogens is 410 g/mol. The molecule has 3 aromatic carbocycles. The first-order valence-corrected chi connectivity index (χ1v) is 10.8. The molecule has 0 saturated carbocycles. The maximum absolute atomic E-state index is 4.73. The van der Waals surface area contributed by atoms with Crippen LogP contribution in [-0.2, 0) is 5.41 Å². The van der Waals surface area contributed by atoms with Crippen LogP contribution >= 0.6 is 0 Å². The van der Waals surface area contributed by atoms with Crippen molar-refractivity contribution in [3.63, 3.8) is 0 Å². The molecule has 0 amide bonds. The second-order valence-corrected chi connectivity index (χ2v) is 8.78. The first-order chi connectivity index (χ1) is 16.0. The number of hydrogen-bond donors (Lipinski definition) is 0. The van der Waals surface area contributed by atoms with Gasteiger partial charge in [-0.05, 0) is 47.4 Å². The molecule has 2 heterocycles. The summed E-state index contributed by atoms with van der Waals surface area (Å²) in [5.74, 6) is 0.987. The van der Waals surface area contributed by atoms with Crippen molar-refractivity contribution in [1.29, 1.82) is 0 Å². The summed E-state index contributed by atoms with van der Waals surface area (Å²) in [4.78, 5) is 11.0. The predicted octanol–water partition coefficient (Wildman–Crippen LogP) is 5.62. The summed E-state index contributed by atoms with van der Waals surface area (Å²) in [5.41, 5.74) is 4.06. The van der Waals surface area contributed by atoms with Gasteiger partial charge in [0.15, 0.2) is 0 Å². The van der Waals surface area contributed by atoms with E-state index in [4.69, 9.17) is 10.2 Å². The first kappa shape index (κ1) is 20.6. The van der Waals surface area contributed by atoms with E-state index in [0.29, 0.717) is 11.9 Å². The molecule has 0 atom stereocenters. The quantitative estimate of drug-likeness (QED) is 0.359. The Morgan fingerprint density at radius 3 is 1.48 bits per heavy atom. The fraction of sp³-hybridized carbons (Fsp3) is 0.154. The summed E-state index contributed by atoms with van der Waals surface area (Å²) in [7, 11) is 0. The van der Waals surface area contributed by atoms with E-state index in [2.05, 4.69) is 55.0 Å². The minimum atomic E-state index is 0.0592. The molecule has 5 rings (SSSR count). The van der Waals surface area contributed by atoms with Gasteiger partial charge in [-0.1, -0.05) is 69.3 Å². The Hall–Kier alpha value is -4.26. The molecule has 0 N–H and O–H groups in total. The zero-order valence-electron chi connectivity index (χ0n) is 18.9. The number of anilines is 3. The summed E-state index contributed by atoms with van der Waals surface area (Å²) in [6.45, 7) is 6.60. The Bertz CT molecular complexity index is 1250. The van der Waals surface area contributed by atoms with E-state index in [-0.39, 0.29) is 5.41 Å². The van der Waals surface area contributed by atoms with Crippen LogP contribution < -0.4 is 4.90 Å². The number of aromatic nitrogens is 6. The van der Waals surface area contributed by atoms with E-state index in [0.717, 1.165) is 17.1 Å². The van der Waals surface area contributed by atoms with Crippen molar-refractivity contribution in [2.45, 2.75) is 26.2 Å². The minimum absolute atomic E-state index is 0.0592. The van der Waals surface area contributed by atoms with Crippen molar-refractivity contribution >= 4 is 17.6 Å². The fourth-order valence-corrected chi connectivity index (χ4v) is 3.55. The number of nitrogens with zero attached hydrogens (tertiary/aromatic N) is 7. The van der Waals surface area contributed by atoms with Gasteiger partial charge in [0.1, 0.15) is 12.7 Å². The van der Waals surface area contributed by atoms with Crippen molar-refractivity contribution < 1.29 is 0 Å². The zero-order valence-corrected chi connectivity index (χ0v) is 18.9. The van der Waals surface area contributed by atoms with Crippen LogP contribution in [0.15, 0.2) is 97.6 Å². The smallest absolute Gasteiger partial charge is 0.244 e. The molecule has 0 aliphatic rings. The molecule has 7 nitrogen and oxygen atoms in total. The van der Waals surface area contributed by atoms with E-state index in [1.807, 2.05) is 65.6 Å². The molecular formula is C26H25N7. The highest BCUT2D eigenvalue weighted by Gasteiger charge is 2.22. The van der Waals surface area contributed by atoms with Gasteiger partial charge in [-0.3, -0.25) is 0 Å². The van der Waals surface area contributed by atoms with Crippen LogP contribution in [0.1, 0.15) is 26.3 Å². The van der Waals surface area contributed by atoms with Gasteiger partial charge in [0.2, 0.25) is 0 Å². The van der Waals surface area contributed by atoms with Gasteiger partial charge in [-0.2, -0.15) is 9.97 Å². The van der Waals surface area contributed by atoms with E-state index in [1.165, 1.54) is 5.56 Å². The predicted molar refractivity (Wildman–Crippen MR) is 130 cm³/mol. The largest absolute Gasteiger partial charge is 0.256 e. The Morgan fingerprint density at radius 2 is 1.06 bits per heavy atom. The monoisotopic (exact) mass is 435 g/mol. The van der Waals surface area contributed by atoms with Crippen LogP contribution in [0.3, 0.4) is 0 Å². The number of hydrogen-bond acceptors (Lipinski definition) is 5. The lowest BCUT2D eigenvalue weighted by molar-refractivity contribution is 0.590. The maximum atomic E-state index is 4.73. The number of rotatable bonds is 5. The summed E-state index contributed by atoms with van der Waals surface area (Å²) in [6.07, 6.45) is 3.41. The molecule has 0 aliphatic carbocycles. The second-order valence-electron chi connectivity index (χ2n) is 8.78. The molecule has 0 aliphatic heterocycles. The average molecular weight is 436 g/mol. The third-order valence-corrected chi connectivity index (χ3v) is 5.39. The lowest BCUT2D eigenvalue weighted by Crippen LogP contribution is -2.15. The van der Waals surface area contributed by atoms with Gasteiger partial charge in [-0.25, -0.2) is 14.3 Å². The van der Waals surface area contributed by atoms with Crippen LogP contribution in [0.5, 0.6) is 0 Å². The van der Waals surface area contributed by atoms with Gasteiger partial charge in [0, 0.05) is 0 Å². The van der Waals surface area contributed by atoms with Crippen molar-refractivity contribution in [1.82, 2.24) is 29.5 Å². The molecule has 33 heavy (non-hydrogen) atoms. The normalized spacial score (nSPS) is 11.5. The van der Waals surface area contributed by atoms with E-state index >= 15 is 0 Å². The van der Waals surface area contributed by atoms with Crippen molar-refractivity contribution in [3.05, 3.63) is 103 Å². The second kappa shape index (κ2) is 8.35. The minimum Gasteiger partial charge on any atom is -0.244 e. The van der Waals surface area contributed by atoms with Gasteiger partial charge in [0.05, 0.1) is 17.1 Å². The molecule has 2 aromatic heterocycles. The maximum Gasteiger partial charge on any atom is 0.256 e. The molecule has 0 radical (unpaired) electrons. The van der Waals surface area contributed by atoms with Crippen LogP contribution in [0.4, 0.5) is 17.6 Å². The highest BCUT2D eigenvalue weighted by molar-refractivity contribution is 5.68. The third kappa shape index (κ3) is 4.25. The Labute approximate surface area is 193 Å². The third-order valence-electron chi connectivity index (χ3n) is 5.39. The molecule has 7 heteroatoms. The lowest BCUT2D eigenvalue weighted by atomic mass is 9.87. The summed E-state index contributed by atoms with van der Waals surface area (Å²) < 4.78 is 3.50. The van der Waals surface area contributed by atoms with Gasteiger partial charge in [-0.15, -0.1) is 10.2 Å². The summed E-state index contributed by atoms with van der Waals surface area (Å²) in [6, 6.07) is 28.2. The van der Waals surface area contributed by atoms with Crippen LogP contribution in [0, 0.1) is 0 Å². The number of benzene rings is 3. The summed E-state index contributed by atoms with van der Waals surface area (Å²) >= 11 is 0. The molecule has 0 saturated heterocycles. The highest BCUT2D eigenvalue weighted by Crippen LogP contribution is 2.32. The van der Waals surface area contributed by atoms with Crippen molar-refractivity contribution in [2.75, 3.05) is 4.90 Å². The van der Waals surface area contributed by atoms with Crippen LogP contribution in [0.25, 0.3) is 11.4 Å². The topological polar surface area (TPSA) is 64.7 Å². The first-order valence-electron chi connectivity index (χ1n) is 10.8. The lowest BCUT2D eigenvalue weighted by Gasteiger charge is -2.21. The molecule has 0 fully saturated rings. The molecule has 0 spiro atoms. The SMILES string of the molecule is CC(C)(C)c1ccc(N(c2ncn(-c3ccccc3)n2)c2ncn(-c3ccccc3)n2)cc1. The van der Waals surface area contributed by atoms with Gasteiger partial charge < -0.3 is 0 Å². The average Bonchev–Trinajstić information content (AvgIpc) is 3.51. The Balaban J connectivity index is 1.57. The van der Waals surface area contributed by atoms with Crippen LogP contribution in [-0.4, -0.2) is 29.5 Å². The fourth-order valence-electron chi connectivity index (χ4n) is 3.55. The Morgan fingerprint density at radius 1 is 0.606 bits per heavy atom. The number of para-hydroxylation sites is 2. The molecule has 0 unspecified atom stereocenters. The zero-order chi connectivity index (χ0) is 22.8. The molecule has 0 bridgehead atoms. The molecule has 5 aromatic rings. The molecule has 164 valence electrons.